The van der Waals surface area contributed by atoms with Crippen molar-refractivity contribution < 1.29 is 39.2 Å². The normalized spacial score (nSPS) is 11.1. The summed E-state index contributed by atoms with van der Waals surface area (Å²) in [6, 6.07) is 17.8. The highest BCUT2D eigenvalue weighted by atomic mass is 35.5. The smallest absolute Gasteiger partial charge is 0.268 e. The second kappa shape index (κ2) is 16.9. The molecule has 18 heteroatoms. The molecule has 1 N–H and O–H groups in total. The van der Waals surface area contributed by atoms with E-state index in [1.54, 1.807) is 55.7 Å². The van der Waals surface area contributed by atoms with Crippen LogP contribution in [0.3, 0.4) is 0 Å². The molecule has 0 atom stereocenters. The molecule has 0 radical (unpaired) electrons. The summed E-state index contributed by atoms with van der Waals surface area (Å²) >= 11 is 0. The molecule has 4 aromatic heterocycles. The molecule has 0 aliphatic carbocycles. The van der Waals surface area contributed by atoms with Crippen molar-refractivity contribution in [2.24, 2.45) is 0 Å². The summed E-state index contributed by atoms with van der Waals surface area (Å²) in [5.41, 5.74) is 2.09. The summed E-state index contributed by atoms with van der Waals surface area (Å²) in [6.07, 6.45) is 6.06. The number of carbonyl (C=O) groups excluding carboxylic acids is 1. The highest BCUT2D eigenvalue weighted by Crippen LogP contribution is 2.28. The minimum Gasteiger partial charge on any atom is -0.316 e. The minimum absolute atomic E-state index is 0. The number of hydrogen-bond acceptors (Lipinski definition) is 8. The highest BCUT2D eigenvalue weighted by Gasteiger charge is 2.25. The Morgan fingerprint density at radius 3 is 1.53 bits per heavy atom. The van der Waals surface area contributed by atoms with E-state index in [1.165, 1.54) is 18.5 Å². The van der Waals surface area contributed by atoms with Gasteiger partial charge >= 0.3 is 0 Å². The van der Waals surface area contributed by atoms with Gasteiger partial charge in [-0.2, -0.15) is 0 Å². The zero-order chi connectivity index (χ0) is 35.3. The van der Waals surface area contributed by atoms with Gasteiger partial charge in [-0.05, 0) is 85.4 Å². The molecular weight excluding hydrogens is 757 g/mol. The molecule has 0 aliphatic heterocycles. The number of benzene rings is 2. The quantitative estimate of drug-likeness (QED) is 0.130. The van der Waals surface area contributed by atoms with E-state index in [9.17, 15) is 39.2 Å². The molecular formula is C33H27Cl2F4N5O5S2. The van der Waals surface area contributed by atoms with Crippen LogP contribution in [0.2, 0.25) is 0 Å². The summed E-state index contributed by atoms with van der Waals surface area (Å²) in [6.45, 7) is 0.445. The molecule has 6 rings (SSSR count). The Morgan fingerprint density at radius 2 is 1.12 bits per heavy atom. The fraction of sp³-hybridized carbons (Fsp3) is 0.0606. The summed E-state index contributed by atoms with van der Waals surface area (Å²) in [4.78, 5) is 18.5. The number of halogens is 6. The largest absolute Gasteiger partial charge is 0.316 e. The third-order valence-corrected chi connectivity index (χ3v) is 10.3. The maximum Gasteiger partial charge on any atom is 0.268 e. The summed E-state index contributed by atoms with van der Waals surface area (Å²) in [5.74, 6) is -4.76. The molecule has 0 bridgehead atoms. The summed E-state index contributed by atoms with van der Waals surface area (Å²) in [7, 11) is -6.61. The van der Waals surface area contributed by atoms with Gasteiger partial charge in [-0.3, -0.25) is 14.8 Å². The SMILES string of the molecule is CNCc1cc(-c2ccccn2)n(S(=O)(=O)c2ccc(F)c(F)c2)c1.Cl.Cl.O=Cc1cc(-c2ccccn2)n(S(=O)(=O)c2ccc(F)c(F)c2)c1. The monoisotopic (exact) mass is 783 g/mol. The number of carbonyl (C=O) groups is 1. The molecule has 268 valence electrons. The second-order valence-corrected chi connectivity index (χ2v) is 13.9. The zero-order valence-electron chi connectivity index (χ0n) is 26.2. The van der Waals surface area contributed by atoms with Crippen LogP contribution < -0.4 is 5.32 Å². The van der Waals surface area contributed by atoms with Crippen molar-refractivity contribution in [2.75, 3.05) is 7.05 Å². The molecule has 0 amide bonds. The van der Waals surface area contributed by atoms with Gasteiger partial charge in [-0.1, -0.05) is 12.1 Å². The molecule has 0 unspecified atom stereocenters. The van der Waals surface area contributed by atoms with E-state index >= 15 is 0 Å². The van der Waals surface area contributed by atoms with Gasteiger partial charge in [0.15, 0.2) is 29.6 Å². The topological polar surface area (TPSA) is 133 Å². The average Bonchev–Trinajstić information content (AvgIpc) is 3.75. The maximum atomic E-state index is 13.5. The molecule has 6 aromatic rings. The molecule has 0 saturated heterocycles. The van der Waals surface area contributed by atoms with E-state index in [4.69, 9.17) is 0 Å². The van der Waals surface area contributed by atoms with E-state index < -0.39 is 48.2 Å². The van der Waals surface area contributed by atoms with Crippen LogP contribution in [0.5, 0.6) is 0 Å². The van der Waals surface area contributed by atoms with Gasteiger partial charge in [-0.15, -0.1) is 24.8 Å². The maximum absolute atomic E-state index is 13.5. The second-order valence-electron chi connectivity index (χ2n) is 10.2. The van der Waals surface area contributed by atoms with Crippen LogP contribution in [-0.2, 0) is 26.6 Å². The van der Waals surface area contributed by atoms with E-state index in [-0.39, 0.29) is 41.0 Å². The lowest BCUT2D eigenvalue weighted by Crippen LogP contribution is -2.14. The van der Waals surface area contributed by atoms with E-state index in [0.717, 1.165) is 38.4 Å². The Kier molecular flexibility index (Phi) is 13.4. The zero-order valence-corrected chi connectivity index (χ0v) is 29.4. The highest BCUT2D eigenvalue weighted by molar-refractivity contribution is 7.90. The molecule has 2 aromatic carbocycles. The first-order valence-corrected chi connectivity index (χ1v) is 17.0. The van der Waals surface area contributed by atoms with Crippen LogP contribution in [0.4, 0.5) is 17.6 Å². The first-order valence-electron chi connectivity index (χ1n) is 14.1. The molecule has 0 aliphatic rings. The molecule has 4 heterocycles. The fourth-order valence-corrected chi connectivity index (χ4v) is 7.41. The number of aromatic nitrogens is 4. The molecule has 51 heavy (non-hydrogen) atoms. The Labute approximate surface area is 302 Å². The van der Waals surface area contributed by atoms with Crippen molar-refractivity contribution in [3.63, 3.8) is 0 Å². The number of nitrogens with zero attached hydrogens (tertiary/aromatic N) is 4. The summed E-state index contributed by atoms with van der Waals surface area (Å²) < 4.78 is 106. The van der Waals surface area contributed by atoms with Gasteiger partial charge in [0.1, 0.15) is 0 Å². The van der Waals surface area contributed by atoms with Gasteiger partial charge in [-0.25, -0.2) is 42.3 Å². The van der Waals surface area contributed by atoms with Gasteiger partial charge < -0.3 is 5.32 Å². The minimum atomic E-state index is -4.24. The number of hydrogen-bond donors (Lipinski definition) is 1. The van der Waals surface area contributed by atoms with Crippen LogP contribution in [-0.4, -0.2) is 48.1 Å². The predicted molar refractivity (Wildman–Crippen MR) is 186 cm³/mol. The van der Waals surface area contributed by atoms with Crippen molar-refractivity contribution in [1.82, 2.24) is 23.2 Å². The Bertz CT molecular complexity index is 2360. The Hall–Kier alpha value is -4.87. The van der Waals surface area contributed by atoms with E-state index in [2.05, 4.69) is 15.3 Å². The molecule has 10 nitrogen and oxygen atoms in total. The molecule has 0 fully saturated rings. The predicted octanol–water partition coefficient (Wildman–Crippen LogP) is 6.51. The van der Waals surface area contributed by atoms with Gasteiger partial charge in [0.05, 0.1) is 32.6 Å². The van der Waals surface area contributed by atoms with E-state index in [1.807, 2.05) is 0 Å². The lowest BCUT2D eigenvalue weighted by Gasteiger charge is -2.10. The van der Waals surface area contributed by atoms with Crippen LogP contribution in [0.15, 0.2) is 120 Å². The van der Waals surface area contributed by atoms with Crippen LogP contribution in [0.25, 0.3) is 22.8 Å². The first-order chi connectivity index (χ1) is 23.4. The Balaban J connectivity index is 0.000000265. The lowest BCUT2D eigenvalue weighted by atomic mass is 10.2. The number of nitrogens with one attached hydrogen (secondary N) is 1. The number of aldehydes is 1. The fourth-order valence-electron chi connectivity index (χ4n) is 4.63. The lowest BCUT2D eigenvalue weighted by molar-refractivity contribution is 0.112. The number of pyridine rings is 2. The van der Waals surface area contributed by atoms with Gasteiger partial charge in [0.25, 0.3) is 20.0 Å². The van der Waals surface area contributed by atoms with Crippen LogP contribution in [0, 0.1) is 23.3 Å². The molecule has 0 spiro atoms. The Morgan fingerprint density at radius 1 is 0.647 bits per heavy atom. The summed E-state index contributed by atoms with van der Waals surface area (Å²) in [5, 5.41) is 2.95. The van der Waals surface area contributed by atoms with Crippen molar-refractivity contribution in [2.45, 2.75) is 16.3 Å². The van der Waals surface area contributed by atoms with Gasteiger partial charge in [0.2, 0.25) is 0 Å². The van der Waals surface area contributed by atoms with Crippen LogP contribution >= 0.6 is 24.8 Å². The third-order valence-electron chi connectivity index (χ3n) is 6.92. The first kappa shape index (κ1) is 40.6. The third kappa shape index (κ3) is 8.72. The van der Waals surface area contributed by atoms with Crippen molar-refractivity contribution in [3.05, 3.63) is 144 Å². The average molecular weight is 785 g/mol. The van der Waals surface area contributed by atoms with Crippen molar-refractivity contribution >= 4 is 51.1 Å². The number of rotatable bonds is 9. The van der Waals surface area contributed by atoms with E-state index in [0.29, 0.717) is 47.6 Å². The molecule has 0 saturated carbocycles. The van der Waals surface area contributed by atoms with Crippen molar-refractivity contribution in [3.8, 4) is 22.8 Å². The van der Waals surface area contributed by atoms with Crippen molar-refractivity contribution in [1.29, 1.82) is 0 Å². The van der Waals surface area contributed by atoms with Gasteiger partial charge in [0, 0.05) is 36.9 Å². The standard InChI is InChI=1S/C17H15F2N3O2S.C16H10F2N2O3S.2ClH/c1-20-10-12-8-17(16-4-2-3-7-21-16)22(11-12)25(23,24)13-5-6-14(18)15(19)9-13;17-13-5-4-12(8-14(13)18)24(22,23)20-9-11(10-21)7-16(20)15-3-1-2-6-19-15;;/h2-9,11,20H,10H2,1H3;1-10H;2*1H. The van der Waals surface area contributed by atoms with Crippen LogP contribution in [0.1, 0.15) is 15.9 Å².